The normalized spacial score (nSPS) is 13.1. The number of carboxylic acid groups (broad SMARTS) is 1. The lowest BCUT2D eigenvalue weighted by molar-refractivity contribution is -0.140. The molecule has 0 aromatic heterocycles. The number of hydrogen-bond acceptors (Lipinski definition) is 2. The zero-order valence-electron chi connectivity index (χ0n) is 10.3. The molecule has 3 nitrogen and oxygen atoms in total. The standard InChI is InChI=1S/C14H19NO2/c1-11(2)13(14(16)17)15-10-6-9-12-7-4-3-5-8-12/h3-9,11,13,15H,10H2,1-2H3,(H,16,17)/b9-6-/t13-/m0/s1. The molecular weight excluding hydrogens is 214 g/mol. The Balaban J connectivity index is 2.41. The van der Waals surface area contributed by atoms with Crippen LogP contribution in [0.5, 0.6) is 0 Å². The number of carboxylic acids is 1. The maximum Gasteiger partial charge on any atom is 0.320 e. The molecule has 0 aliphatic heterocycles. The van der Waals surface area contributed by atoms with Gasteiger partial charge in [-0.1, -0.05) is 56.3 Å². The van der Waals surface area contributed by atoms with Gasteiger partial charge in [-0.2, -0.15) is 0 Å². The summed E-state index contributed by atoms with van der Waals surface area (Å²) in [5.41, 5.74) is 1.12. The maximum atomic E-state index is 10.9. The number of rotatable bonds is 6. The summed E-state index contributed by atoms with van der Waals surface area (Å²) in [5, 5.41) is 12.0. The van der Waals surface area contributed by atoms with Crippen LogP contribution in [0.3, 0.4) is 0 Å². The lowest BCUT2D eigenvalue weighted by Crippen LogP contribution is -2.40. The second-order valence-electron chi connectivity index (χ2n) is 4.28. The first-order valence-corrected chi connectivity index (χ1v) is 5.79. The number of aliphatic carboxylic acids is 1. The van der Waals surface area contributed by atoms with E-state index in [4.69, 9.17) is 5.11 Å². The van der Waals surface area contributed by atoms with Crippen LogP contribution in [-0.2, 0) is 4.79 Å². The highest BCUT2D eigenvalue weighted by molar-refractivity contribution is 5.73. The van der Waals surface area contributed by atoms with E-state index in [0.29, 0.717) is 6.54 Å². The van der Waals surface area contributed by atoms with Gasteiger partial charge in [0.15, 0.2) is 0 Å². The van der Waals surface area contributed by atoms with Crippen molar-refractivity contribution in [2.24, 2.45) is 5.92 Å². The maximum absolute atomic E-state index is 10.9. The van der Waals surface area contributed by atoms with E-state index in [9.17, 15) is 4.79 Å². The predicted molar refractivity (Wildman–Crippen MR) is 69.7 cm³/mol. The van der Waals surface area contributed by atoms with Crippen LogP contribution < -0.4 is 5.32 Å². The summed E-state index contributed by atoms with van der Waals surface area (Å²) >= 11 is 0. The summed E-state index contributed by atoms with van der Waals surface area (Å²) in [4.78, 5) is 10.9. The minimum atomic E-state index is -0.798. The molecule has 0 heterocycles. The minimum Gasteiger partial charge on any atom is -0.480 e. The summed E-state index contributed by atoms with van der Waals surface area (Å²) in [5.74, 6) is -0.717. The van der Waals surface area contributed by atoms with Crippen molar-refractivity contribution in [3.8, 4) is 0 Å². The van der Waals surface area contributed by atoms with E-state index in [2.05, 4.69) is 5.32 Å². The highest BCUT2D eigenvalue weighted by atomic mass is 16.4. The van der Waals surface area contributed by atoms with Gasteiger partial charge in [0.25, 0.3) is 0 Å². The lowest BCUT2D eigenvalue weighted by atomic mass is 10.1. The Bertz CT molecular complexity index is 371. The fourth-order valence-electron chi connectivity index (χ4n) is 1.56. The van der Waals surface area contributed by atoms with Crippen molar-refractivity contribution in [3.63, 3.8) is 0 Å². The van der Waals surface area contributed by atoms with E-state index in [1.165, 1.54) is 0 Å². The number of benzene rings is 1. The van der Waals surface area contributed by atoms with E-state index >= 15 is 0 Å². The van der Waals surface area contributed by atoms with Gasteiger partial charge in [0.2, 0.25) is 0 Å². The smallest absolute Gasteiger partial charge is 0.320 e. The molecule has 2 N–H and O–H groups in total. The molecule has 0 aliphatic rings. The molecular formula is C14H19NO2. The Morgan fingerprint density at radius 1 is 1.35 bits per heavy atom. The number of nitrogens with one attached hydrogen (secondary N) is 1. The lowest BCUT2D eigenvalue weighted by Gasteiger charge is -2.16. The SMILES string of the molecule is CC(C)[C@H](NC/C=C\c1ccccc1)C(=O)O. The first-order valence-electron chi connectivity index (χ1n) is 5.79. The molecule has 0 saturated carbocycles. The molecule has 1 atom stereocenters. The van der Waals surface area contributed by atoms with Crippen LogP contribution in [-0.4, -0.2) is 23.7 Å². The Kier molecular flexibility index (Phi) is 5.43. The van der Waals surface area contributed by atoms with Gasteiger partial charge in [0.1, 0.15) is 6.04 Å². The average molecular weight is 233 g/mol. The third-order valence-corrected chi connectivity index (χ3v) is 2.50. The van der Waals surface area contributed by atoms with E-state index < -0.39 is 12.0 Å². The van der Waals surface area contributed by atoms with Crippen molar-refractivity contribution in [3.05, 3.63) is 42.0 Å². The second kappa shape index (κ2) is 6.86. The van der Waals surface area contributed by atoms with E-state index in [1.54, 1.807) is 0 Å². The Morgan fingerprint density at radius 3 is 2.53 bits per heavy atom. The number of hydrogen-bond donors (Lipinski definition) is 2. The van der Waals surface area contributed by atoms with Gasteiger partial charge in [-0.25, -0.2) is 0 Å². The summed E-state index contributed by atoms with van der Waals surface area (Å²) in [6.45, 7) is 4.35. The topological polar surface area (TPSA) is 49.3 Å². The molecule has 92 valence electrons. The van der Waals surface area contributed by atoms with Crippen molar-refractivity contribution >= 4 is 12.0 Å². The summed E-state index contributed by atoms with van der Waals surface area (Å²) < 4.78 is 0. The molecule has 0 spiro atoms. The highest BCUT2D eigenvalue weighted by Gasteiger charge is 2.19. The highest BCUT2D eigenvalue weighted by Crippen LogP contribution is 2.02. The molecule has 0 saturated heterocycles. The van der Waals surface area contributed by atoms with Crippen molar-refractivity contribution < 1.29 is 9.90 Å². The molecule has 0 fully saturated rings. The molecule has 0 unspecified atom stereocenters. The zero-order valence-corrected chi connectivity index (χ0v) is 10.3. The largest absolute Gasteiger partial charge is 0.480 e. The van der Waals surface area contributed by atoms with Gasteiger partial charge in [-0.05, 0) is 11.5 Å². The van der Waals surface area contributed by atoms with E-state index in [0.717, 1.165) is 5.56 Å². The van der Waals surface area contributed by atoms with Crippen LogP contribution in [0.4, 0.5) is 0 Å². The van der Waals surface area contributed by atoms with Crippen LogP contribution in [0.15, 0.2) is 36.4 Å². The van der Waals surface area contributed by atoms with Crippen LogP contribution >= 0.6 is 0 Å². The zero-order chi connectivity index (χ0) is 12.7. The van der Waals surface area contributed by atoms with Crippen LogP contribution in [0, 0.1) is 5.92 Å². The molecule has 1 rings (SSSR count). The van der Waals surface area contributed by atoms with Gasteiger partial charge < -0.3 is 10.4 Å². The third kappa shape index (κ3) is 4.83. The van der Waals surface area contributed by atoms with Crippen molar-refractivity contribution in [1.29, 1.82) is 0 Å². The van der Waals surface area contributed by atoms with Crippen molar-refractivity contribution in [2.75, 3.05) is 6.54 Å². The van der Waals surface area contributed by atoms with E-state index in [-0.39, 0.29) is 5.92 Å². The van der Waals surface area contributed by atoms with Crippen LogP contribution in [0.25, 0.3) is 6.08 Å². The Labute approximate surface area is 102 Å². The molecule has 17 heavy (non-hydrogen) atoms. The predicted octanol–water partition coefficient (Wildman–Crippen LogP) is 2.40. The molecule has 0 amide bonds. The quantitative estimate of drug-likeness (QED) is 0.793. The van der Waals surface area contributed by atoms with Crippen molar-refractivity contribution in [1.82, 2.24) is 5.32 Å². The fourth-order valence-corrected chi connectivity index (χ4v) is 1.56. The molecule has 0 aliphatic carbocycles. The molecule has 0 bridgehead atoms. The molecule has 0 radical (unpaired) electrons. The van der Waals surface area contributed by atoms with Crippen LogP contribution in [0.2, 0.25) is 0 Å². The van der Waals surface area contributed by atoms with Gasteiger partial charge >= 0.3 is 5.97 Å². The summed E-state index contributed by atoms with van der Waals surface area (Å²) in [6, 6.07) is 9.44. The Hall–Kier alpha value is -1.61. The first kappa shape index (κ1) is 13.5. The average Bonchev–Trinajstić information content (AvgIpc) is 2.29. The molecule has 3 heteroatoms. The summed E-state index contributed by atoms with van der Waals surface area (Å²) in [7, 11) is 0. The minimum absolute atomic E-state index is 0.0811. The van der Waals surface area contributed by atoms with Gasteiger partial charge in [-0.3, -0.25) is 4.79 Å². The van der Waals surface area contributed by atoms with E-state index in [1.807, 2.05) is 56.3 Å². The van der Waals surface area contributed by atoms with Gasteiger partial charge in [0, 0.05) is 6.54 Å². The molecule has 1 aromatic rings. The molecule has 1 aromatic carbocycles. The third-order valence-electron chi connectivity index (χ3n) is 2.50. The summed E-state index contributed by atoms with van der Waals surface area (Å²) in [6.07, 6.45) is 3.92. The van der Waals surface area contributed by atoms with Gasteiger partial charge in [-0.15, -0.1) is 0 Å². The monoisotopic (exact) mass is 233 g/mol. The Morgan fingerprint density at radius 2 is 2.00 bits per heavy atom. The van der Waals surface area contributed by atoms with Gasteiger partial charge in [0.05, 0.1) is 0 Å². The number of carbonyl (C=O) groups is 1. The first-order chi connectivity index (χ1) is 8.11. The van der Waals surface area contributed by atoms with Crippen LogP contribution in [0.1, 0.15) is 19.4 Å². The van der Waals surface area contributed by atoms with Crippen molar-refractivity contribution in [2.45, 2.75) is 19.9 Å². The fraction of sp³-hybridized carbons (Fsp3) is 0.357. The second-order valence-corrected chi connectivity index (χ2v) is 4.28.